The lowest BCUT2D eigenvalue weighted by Gasteiger charge is -2.07. The van der Waals surface area contributed by atoms with Crippen molar-refractivity contribution in [3.05, 3.63) is 53.3 Å². The summed E-state index contributed by atoms with van der Waals surface area (Å²) in [5.41, 5.74) is 10.5. The molecule has 0 fully saturated rings. The zero-order chi connectivity index (χ0) is 13.8. The third kappa shape index (κ3) is 3.61. The topological polar surface area (TPSA) is 55.3 Å². The van der Waals surface area contributed by atoms with Crippen LogP contribution in [0.5, 0.6) is 0 Å². The van der Waals surface area contributed by atoms with Crippen LogP contribution in [0.4, 0.5) is 5.69 Å². The molecule has 0 aliphatic rings. The summed E-state index contributed by atoms with van der Waals surface area (Å²) >= 11 is 0. The predicted octanol–water partition coefficient (Wildman–Crippen LogP) is 2.57. The van der Waals surface area contributed by atoms with Gasteiger partial charge in [0.25, 0.3) is 0 Å². The molecule has 19 heavy (non-hydrogen) atoms. The van der Waals surface area contributed by atoms with Gasteiger partial charge in [0.05, 0.1) is 6.54 Å². The molecule has 0 saturated carbocycles. The minimum atomic E-state index is 0.437. The molecule has 3 N–H and O–H groups in total. The van der Waals surface area contributed by atoms with Gasteiger partial charge in [-0.05, 0) is 48.7 Å². The van der Waals surface area contributed by atoms with E-state index >= 15 is 0 Å². The van der Waals surface area contributed by atoms with Crippen LogP contribution in [0.3, 0.4) is 0 Å². The smallest absolute Gasteiger partial charge is 0.193 e. The lowest BCUT2D eigenvalue weighted by Crippen LogP contribution is -2.22. The van der Waals surface area contributed by atoms with Crippen molar-refractivity contribution < 1.29 is 0 Å². The number of benzene rings is 1. The first-order valence-electron chi connectivity index (χ1n) is 6.29. The first-order valence-corrected chi connectivity index (χ1v) is 6.29. The van der Waals surface area contributed by atoms with E-state index in [0.29, 0.717) is 12.5 Å². The number of rotatable bonds is 3. The third-order valence-electron chi connectivity index (χ3n) is 3.10. The zero-order valence-corrected chi connectivity index (χ0v) is 11.6. The Morgan fingerprint density at radius 3 is 2.68 bits per heavy atom. The molecule has 2 aromatic rings. The van der Waals surface area contributed by atoms with E-state index in [1.807, 2.05) is 36.1 Å². The highest BCUT2D eigenvalue weighted by Crippen LogP contribution is 2.13. The molecule has 0 bridgehead atoms. The SMILES string of the molecule is Cc1ccc(NC(N)=NCc2ccn(C)c2)cc1C. The van der Waals surface area contributed by atoms with E-state index in [9.17, 15) is 0 Å². The molecule has 2 rings (SSSR count). The highest BCUT2D eigenvalue weighted by atomic mass is 15.1. The van der Waals surface area contributed by atoms with Gasteiger partial charge < -0.3 is 15.6 Å². The van der Waals surface area contributed by atoms with Crippen LogP contribution in [-0.4, -0.2) is 10.5 Å². The van der Waals surface area contributed by atoms with Crippen molar-refractivity contribution in [3.8, 4) is 0 Å². The largest absolute Gasteiger partial charge is 0.370 e. The number of hydrogen-bond acceptors (Lipinski definition) is 1. The Bertz CT molecular complexity index is 596. The van der Waals surface area contributed by atoms with Crippen molar-refractivity contribution in [2.75, 3.05) is 5.32 Å². The van der Waals surface area contributed by atoms with Crippen LogP contribution in [0.2, 0.25) is 0 Å². The average Bonchev–Trinajstić information content (AvgIpc) is 2.77. The number of nitrogens with two attached hydrogens (primary N) is 1. The molecule has 0 atom stereocenters. The van der Waals surface area contributed by atoms with Gasteiger partial charge in [-0.15, -0.1) is 0 Å². The standard InChI is InChI=1S/C15H20N4/c1-11-4-5-14(8-12(11)2)18-15(16)17-9-13-6-7-19(3)10-13/h4-8,10H,9H2,1-3H3,(H3,16,17,18). The molecule has 4 heteroatoms. The monoisotopic (exact) mass is 256 g/mol. The fourth-order valence-corrected chi connectivity index (χ4v) is 1.84. The minimum Gasteiger partial charge on any atom is -0.370 e. The van der Waals surface area contributed by atoms with Crippen molar-refractivity contribution in [3.63, 3.8) is 0 Å². The fourth-order valence-electron chi connectivity index (χ4n) is 1.84. The molecule has 0 radical (unpaired) electrons. The number of aliphatic imine (C=N–C) groups is 1. The molecule has 0 aliphatic heterocycles. The Labute approximate surface area is 114 Å². The Morgan fingerprint density at radius 2 is 2.05 bits per heavy atom. The molecule has 0 amide bonds. The zero-order valence-electron chi connectivity index (χ0n) is 11.6. The van der Waals surface area contributed by atoms with Gasteiger partial charge in [-0.2, -0.15) is 0 Å². The van der Waals surface area contributed by atoms with Crippen LogP contribution in [-0.2, 0) is 13.6 Å². The Balaban J connectivity index is 1.99. The number of nitrogens with zero attached hydrogens (tertiary/aromatic N) is 2. The van der Waals surface area contributed by atoms with Crippen molar-refractivity contribution in [1.82, 2.24) is 4.57 Å². The van der Waals surface area contributed by atoms with E-state index in [1.54, 1.807) is 0 Å². The summed E-state index contributed by atoms with van der Waals surface area (Å²) in [6, 6.07) is 8.18. The van der Waals surface area contributed by atoms with Gasteiger partial charge in [-0.1, -0.05) is 6.07 Å². The van der Waals surface area contributed by atoms with E-state index in [1.165, 1.54) is 11.1 Å². The van der Waals surface area contributed by atoms with Crippen LogP contribution in [0.1, 0.15) is 16.7 Å². The molecule has 0 saturated heterocycles. The first kappa shape index (κ1) is 13.2. The molecule has 1 heterocycles. The van der Waals surface area contributed by atoms with Crippen molar-refractivity contribution >= 4 is 11.6 Å². The second kappa shape index (κ2) is 5.61. The third-order valence-corrected chi connectivity index (χ3v) is 3.10. The average molecular weight is 256 g/mol. The summed E-state index contributed by atoms with van der Waals surface area (Å²) < 4.78 is 2.00. The number of anilines is 1. The summed E-state index contributed by atoms with van der Waals surface area (Å²) in [4.78, 5) is 4.33. The summed E-state index contributed by atoms with van der Waals surface area (Å²) in [5, 5.41) is 3.11. The summed E-state index contributed by atoms with van der Waals surface area (Å²) in [7, 11) is 1.99. The van der Waals surface area contributed by atoms with Crippen LogP contribution in [0.15, 0.2) is 41.7 Å². The summed E-state index contributed by atoms with van der Waals surface area (Å²) in [6.07, 6.45) is 4.03. The van der Waals surface area contributed by atoms with Crippen molar-refractivity contribution in [2.45, 2.75) is 20.4 Å². The van der Waals surface area contributed by atoms with E-state index in [-0.39, 0.29) is 0 Å². The maximum absolute atomic E-state index is 5.88. The molecule has 100 valence electrons. The lowest BCUT2D eigenvalue weighted by molar-refractivity contribution is 0.916. The summed E-state index contributed by atoms with van der Waals surface area (Å²) in [5.74, 6) is 0.437. The number of aryl methyl sites for hydroxylation is 3. The normalized spacial score (nSPS) is 11.6. The maximum Gasteiger partial charge on any atom is 0.193 e. The van der Waals surface area contributed by atoms with Gasteiger partial charge in [0.1, 0.15) is 0 Å². The highest BCUT2D eigenvalue weighted by Gasteiger charge is 1.98. The predicted molar refractivity (Wildman–Crippen MR) is 80.3 cm³/mol. The van der Waals surface area contributed by atoms with Gasteiger partial charge in [0.15, 0.2) is 5.96 Å². The van der Waals surface area contributed by atoms with Crippen LogP contribution in [0, 0.1) is 13.8 Å². The Kier molecular flexibility index (Phi) is 3.90. The molecular weight excluding hydrogens is 236 g/mol. The second-order valence-corrected chi connectivity index (χ2v) is 4.81. The Morgan fingerprint density at radius 1 is 1.26 bits per heavy atom. The minimum absolute atomic E-state index is 0.437. The number of nitrogens with one attached hydrogen (secondary N) is 1. The second-order valence-electron chi connectivity index (χ2n) is 4.81. The van der Waals surface area contributed by atoms with E-state index in [0.717, 1.165) is 11.3 Å². The number of guanidine groups is 1. The van der Waals surface area contributed by atoms with E-state index in [4.69, 9.17) is 5.73 Å². The molecule has 0 unspecified atom stereocenters. The van der Waals surface area contributed by atoms with Crippen molar-refractivity contribution in [1.29, 1.82) is 0 Å². The molecule has 4 nitrogen and oxygen atoms in total. The van der Waals surface area contributed by atoms with Gasteiger partial charge >= 0.3 is 0 Å². The lowest BCUT2D eigenvalue weighted by atomic mass is 10.1. The first-order chi connectivity index (χ1) is 9.04. The van der Waals surface area contributed by atoms with Crippen molar-refractivity contribution in [2.24, 2.45) is 17.8 Å². The summed E-state index contributed by atoms with van der Waals surface area (Å²) in [6.45, 7) is 4.76. The molecule has 1 aromatic heterocycles. The van der Waals surface area contributed by atoms with Gasteiger partial charge in [0, 0.05) is 25.1 Å². The van der Waals surface area contributed by atoms with Gasteiger partial charge in [-0.25, -0.2) is 4.99 Å². The van der Waals surface area contributed by atoms with Gasteiger partial charge in [-0.3, -0.25) is 0 Å². The highest BCUT2D eigenvalue weighted by molar-refractivity contribution is 5.92. The van der Waals surface area contributed by atoms with Gasteiger partial charge in [0.2, 0.25) is 0 Å². The molecular formula is C15H20N4. The molecule has 0 spiro atoms. The maximum atomic E-state index is 5.88. The molecule has 1 aromatic carbocycles. The van der Waals surface area contributed by atoms with Crippen LogP contribution < -0.4 is 11.1 Å². The van der Waals surface area contributed by atoms with E-state index < -0.39 is 0 Å². The number of aromatic nitrogens is 1. The fraction of sp³-hybridized carbons (Fsp3) is 0.267. The van der Waals surface area contributed by atoms with E-state index in [2.05, 4.69) is 36.3 Å². The quantitative estimate of drug-likeness (QED) is 0.655. The van der Waals surface area contributed by atoms with Crippen LogP contribution >= 0.6 is 0 Å². The molecule has 0 aliphatic carbocycles. The van der Waals surface area contributed by atoms with Crippen LogP contribution in [0.25, 0.3) is 0 Å². The Hall–Kier alpha value is -2.23. The number of hydrogen-bond donors (Lipinski definition) is 2.